The zero-order chi connectivity index (χ0) is 14.3. The Balaban J connectivity index is 2.44. The van der Waals surface area contributed by atoms with E-state index in [-0.39, 0.29) is 30.0 Å². The Morgan fingerprint density at radius 3 is 2.32 bits per heavy atom. The third-order valence-electron chi connectivity index (χ3n) is 2.36. The SMILES string of the molecule is O=C(O)CCNC(=O)CCS(=O)(=O)c1ccccc1. The van der Waals surface area contributed by atoms with E-state index < -0.39 is 21.7 Å². The highest BCUT2D eigenvalue weighted by molar-refractivity contribution is 7.91. The van der Waals surface area contributed by atoms with Crippen molar-refractivity contribution in [1.82, 2.24) is 5.32 Å². The second-order valence-electron chi connectivity index (χ2n) is 3.88. The van der Waals surface area contributed by atoms with Crippen LogP contribution in [0.4, 0.5) is 0 Å². The predicted octanol–water partition coefficient (Wildman–Crippen LogP) is 0.441. The first-order valence-electron chi connectivity index (χ1n) is 5.68. The standard InChI is InChI=1S/C12H15NO5S/c14-11(13-8-6-12(15)16)7-9-19(17,18)10-4-2-1-3-5-10/h1-5H,6-9H2,(H,13,14)(H,15,16). The Labute approximate surface area is 111 Å². The molecule has 0 atom stereocenters. The van der Waals surface area contributed by atoms with Gasteiger partial charge in [0.15, 0.2) is 9.84 Å². The minimum atomic E-state index is -3.47. The second-order valence-corrected chi connectivity index (χ2v) is 5.98. The Bertz CT molecular complexity index is 538. The molecule has 0 aliphatic rings. The number of amides is 1. The summed E-state index contributed by atoms with van der Waals surface area (Å²) < 4.78 is 23.7. The molecule has 1 amide bonds. The summed E-state index contributed by atoms with van der Waals surface area (Å²) in [7, 11) is -3.47. The molecule has 0 aromatic heterocycles. The van der Waals surface area contributed by atoms with Crippen LogP contribution in [0.3, 0.4) is 0 Å². The van der Waals surface area contributed by atoms with Gasteiger partial charge < -0.3 is 10.4 Å². The summed E-state index contributed by atoms with van der Waals surface area (Å²) in [5.41, 5.74) is 0. The van der Waals surface area contributed by atoms with Crippen LogP contribution >= 0.6 is 0 Å². The molecule has 0 spiro atoms. The maximum absolute atomic E-state index is 11.8. The summed E-state index contributed by atoms with van der Waals surface area (Å²) in [6, 6.07) is 7.87. The van der Waals surface area contributed by atoms with Crippen LogP contribution in [0, 0.1) is 0 Å². The molecule has 0 saturated carbocycles. The minimum Gasteiger partial charge on any atom is -0.481 e. The summed E-state index contributed by atoms with van der Waals surface area (Å²) in [5.74, 6) is -1.78. The predicted molar refractivity (Wildman–Crippen MR) is 68.4 cm³/mol. The lowest BCUT2D eigenvalue weighted by molar-refractivity contribution is -0.136. The second kappa shape index (κ2) is 6.89. The van der Waals surface area contributed by atoms with Gasteiger partial charge in [0.1, 0.15) is 0 Å². The lowest BCUT2D eigenvalue weighted by atomic mass is 10.4. The molecule has 104 valence electrons. The van der Waals surface area contributed by atoms with Gasteiger partial charge in [-0.3, -0.25) is 9.59 Å². The van der Waals surface area contributed by atoms with Crippen LogP contribution < -0.4 is 5.32 Å². The van der Waals surface area contributed by atoms with Crippen molar-refractivity contribution in [1.29, 1.82) is 0 Å². The van der Waals surface area contributed by atoms with E-state index in [0.717, 1.165) is 0 Å². The van der Waals surface area contributed by atoms with E-state index in [2.05, 4.69) is 5.32 Å². The summed E-state index contributed by atoms with van der Waals surface area (Å²) >= 11 is 0. The molecule has 7 heteroatoms. The first kappa shape index (κ1) is 15.2. The number of carbonyl (C=O) groups is 2. The van der Waals surface area contributed by atoms with E-state index in [4.69, 9.17) is 5.11 Å². The first-order chi connectivity index (χ1) is 8.92. The number of hydrogen-bond donors (Lipinski definition) is 2. The van der Waals surface area contributed by atoms with E-state index in [0.29, 0.717) is 0 Å². The molecule has 0 bridgehead atoms. The largest absolute Gasteiger partial charge is 0.481 e. The van der Waals surface area contributed by atoms with Gasteiger partial charge in [0.05, 0.1) is 17.1 Å². The highest BCUT2D eigenvalue weighted by Gasteiger charge is 2.15. The van der Waals surface area contributed by atoms with Crippen LogP contribution in [-0.4, -0.2) is 37.7 Å². The number of carbonyl (C=O) groups excluding carboxylic acids is 1. The van der Waals surface area contributed by atoms with Crippen molar-refractivity contribution in [3.8, 4) is 0 Å². The topological polar surface area (TPSA) is 101 Å². The number of sulfone groups is 1. The molecule has 0 radical (unpaired) electrons. The Morgan fingerprint density at radius 1 is 1.11 bits per heavy atom. The van der Waals surface area contributed by atoms with E-state index in [1.807, 2.05) is 0 Å². The molecular weight excluding hydrogens is 270 g/mol. The molecule has 1 rings (SSSR count). The molecule has 0 aliphatic heterocycles. The number of carboxylic acids is 1. The first-order valence-corrected chi connectivity index (χ1v) is 7.33. The van der Waals surface area contributed by atoms with Gasteiger partial charge in [0.25, 0.3) is 0 Å². The van der Waals surface area contributed by atoms with Crippen molar-refractivity contribution in [2.24, 2.45) is 0 Å². The minimum absolute atomic E-state index is 0.000445. The van der Waals surface area contributed by atoms with Crippen LogP contribution in [0.5, 0.6) is 0 Å². The summed E-state index contributed by atoms with van der Waals surface area (Å²) in [6.07, 6.45) is -0.367. The van der Waals surface area contributed by atoms with Crippen molar-refractivity contribution in [2.45, 2.75) is 17.7 Å². The van der Waals surface area contributed by atoms with Gasteiger partial charge in [-0.15, -0.1) is 0 Å². The van der Waals surface area contributed by atoms with Crippen LogP contribution in [0.2, 0.25) is 0 Å². The smallest absolute Gasteiger partial charge is 0.305 e. The fraction of sp³-hybridized carbons (Fsp3) is 0.333. The molecule has 1 aromatic carbocycles. The number of aliphatic carboxylic acids is 1. The monoisotopic (exact) mass is 285 g/mol. The summed E-state index contributed by atoms with van der Waals surface area (Å²) in [4.78, 5) is 21.7. The maximum Gasteiger partial charge on any atom is 0.305 e. The molecular formula is C12H15NO5S. The lowest BCUT2D eigenvalue weighted by Gasteiger charge is -2.05. The molecule has 0 aliphatic carbocycles. The average Bonchev–Trinajstić information content (AvgIpc) is 2.37. The zero-order valence-electron chi connectivity index (χ0n) is 10.2. The zero-order valence-corrected chi connectivity index (χ0v) is 11.0. The Hall–Kier alpha value is -1.89. The number of hydrogen-bond acceptors (Lipinski definition) is 4. The van der Waals surface area contributed by atoms with Gasteiger partial charge in [0, 0.05) is 13.0 Å². The van der Waals surface area contributed by atoms with Crippen LogP contribution in [0.15, 0.2) is 35.2 Å². The molecule has 0 fully saturated rings. The molecule has 19 heavy (non-hydrogen) atoms. The Morgan fingerprint density at radius 2 is 1.74 bits per heavy atom. The number of rotatable bonds is 7. The number of carboxylic acid groups (broad SMARTS) is 1. The molecule has 2 N–H and O–H groups in total. The van der Waals surface area contributed by atoms with E-state index in [1.54, 1.807) is 18.2 Å². The van der Waals surface area contributed by atoms with Crippen LogP contribution in [-0.2, 0) is 19.4 Å². The summed E-state index contributed by atoms with van der Waals surface area (Å²) in [5, 5.41) is 10.7. The van der Waals surface area contributed by atoms with Crippen molar-refractivity contribution in [2.75, 3.05) is 12.3 Å². The average molecular weight is 285 g/mol. The van der Waals surface area contributed by atoms with Crippen molar-refractivity contribution >= 4 is 21.7 Å². The highest BCUT2D eigenvalue weighted by Crippen LogP contribution is 2.10. The van der Waals surface area contributed by atoms with Gasteiger partial charge >= 0.3 is 5.97 Å². The number of nitrogens with one attached hydrogen (secondary N) is 1. The molecule has 1 aromatic rings. The van der Waals surface area contributed by atoms with E-state index in [1.165, 1.54) is 12.1 Å². The quantitative estimate of drug-likeness (QED) is 0.757. The van der Waals surface area contributed by atoms with Gasteiger partial charge in [-0.2, -0.15) is 0 Å². The summed E-state index contributed by atoms with van der Waals surface area (Å²) in [6.45, 7) is -0.000445. The van der Waals surface area contributed by atoms with Gasteiger partial charge in [-0.25, -0.2) is 8.42 Å². The van der Waals surface area contributed by atoms with Crippen molar-refractivity contribution in [3.05, 3.63) is 30.3 Å². The van der Waals surface area contributed by atoms with Crippen LogP contribution in [0.25, 0.3) is 0 Å². The van der Waals surface area contributed by atoms with Gasteiger partial charge in [-0.1, -0.05) is 18.2 Å². The van der Waals surface area contributed by atoms with Crippen molar-refractivity contribution < 1.29 is 23.1 Å². The highest BCUT2D eigenvalue weighted by atomic mass is 32.2. The molecule has 6 nitrogen and oxygen atoms in total. The van der Waals surface area contributed by atoms with Gasteiger partial charge in [-0.05, 0) is 12.1 Å². The normalized spacial score (nSPS) is 10.9. The maximum atomic E-state index is 11.8. The Kier molecular flexibility index (Phi) is 5.50. The molecule has 0 heterocycles. The van der Waals surface area contributed by atoms with Gasteiger partial charge in [0.2, 0.25) is 5.91 Å². The molecule has 0 saturated heterocycles. The van der Waals surface area contributed by atoms with E-state index in [9.17, 15) is 18.0 Å². The fourth-order valence-corrected chi connectivity index (χ4v) is 2.63. The third-order valence-corrected chi connectivity index (χ3v) is 4.09. The number of benzene rings is 1. The van der Waals surface area contributed by atoms with Crippen molar-refractivity contribution in [3.63, 3.8) is 0 Å². The third kappa shape index (κ3) is 5.52. The van der Waals surface area contributed by atoms with E-state index >= 15 is 0 Å². The lowest BCUT2D eigenvalue weighted by Crippen LogP contribution is -2.27. The molecule has 0 unspecified atom stereocenters. The van der Waals surface area contributed by atoms with Crippen LogP contribution in [0.1, 0.15) is 12.8 Å². The fourth-order valence-electron chi connectivity index (χ4n) is 1.37.